The fourth-order valence-corrected chi connectivity index (χ4v) is 6.60. The molecule has 0 saturated carbocycles. The van der Waals surface area contributed by atoms with Crippen molar-refractivity contribution in [3.8, 4) is 39.6 Å². The van der Waals surface area contributed by atoms with Crippen molar-refractivity contribution in [1.82, 2.24) is 15.2 Å². The summed E-state index contributed by atoms with van der Waals surface area (Å²) in [6, 6.07) is 33.3. The predicted molar refractivity (Wildman–Crippen MR) is 155 cm³/mol. The van der Waals surface area contributed by atoms with Gasteiger partial charge in [0, 0.05) is 35.2 Å². The number of anilines is 1. The number of nitriles is 1. The van der Waals surface area contributed by atoms with Crippen LogP contribution in [-0.2, 0) is 0 Å². The lowest BCUT2D eigenvalue weighted by Gasteiger charge is -2.20. The number of nitrogens with zero attached hydrogens (tertiary/aromatic N) is 5. The second-order valence-electron chi connectivity index (χ2n) is 9.47. The molecule has 0 unspecified atom stereocenters. The molecule has 4 heterocycles. The highest BCUT2D eigenvalue weighted by Gasteiger charge is 2.27. The molecule has 0 atom stereocenters. The Hall–Kier alpha value is -4.60. The first-order chi connectivity index (χ1) is 18.8. The van der Waals surface area contributed by atoms with E-state index in [1.165, 1.54) is 0 Å². The predicted octanol–water partition coefficient (Wildman–Crippen LogP) is 7.71. The molecule has 0 spiro atoms. The van der Waals surface area contributed by atoms with E-state index in [9.17, 15) is 5.26 Å². The fourth-order valence-electron chi connectivity index (χ4n) is 5.46. The Balaban J connectivity index is 1.66. The smallest absolute Gasteiger partial charge is 0.149 e. The second-order valence-corrected chi connectivity index (χ2v) is 10.5. The zero-order valence-electron chi connectivity index (χ0n) is 20.6. The van der Waals surface area contributed by atoms with Gasteiger partial charge in [0.2, 0.25) is 0 Å². The monoisotopic (exact) mass is 509 g/mol. The van der Waals surface area contributed by atoms with E-state index < -0.39 is 0 Å². The van der Waals surface area contributed by atoms with Gasteiger partial charge in [-0.1, -0.05) is 91.0 Å². The first kappa shape index (κ1) is 22.6. The molecule has 1 fully saturated rings. The van der Waals surface area contributed by atoms with Gasteiger partial charge in [0.05, 0.1) is 10.2 Å². The van der Waals surface area contributed by atoms with Crippen LogP contribution in [0.1, 0.15) is 18.4 Å². The van der Waals surface area contributed by atoms with Gasteiger partial charge in [-0.3, -0.25) is 0 Å². The van der Waals surface area contributed by atoms with Crippen LogP contribution in [0.2, 0.25) is 0 Å². The molecular weight excluding hydrogens is 486 g/mol. The van der Waals surface area contributed by atoms with Gasteiger partial charge in [-0.15, -0.1) is 21.5 Å². The quantitative estimate of drug-likeness (QED) is 0.243. The van der Waals surface area contributed by atoms with Crippen LogP contribution in [0.4, 0.5) is 5.82 Å². The number of thiophene rings is 1. The van der Waals surface area contributed by atoms with E-state index in [4.69, 9.17) is 15.2 Å². The number of hydrogen-bond acceptors (Lipinski definition) is 6. The zero-order chi connectivity index (χ0) is 25.5. The van der Waals surface area contributed by atoms with E-state index in [2.05, 4.69) is 59.5 Å². The summed E-state index contributed by atoms with van der Waals surface area (Å²) in [4.78, 5) is 8.36. The van der Waals surface area contributed by atoms with E-state index in [0.29, 0.717) is 5.56 Å². The second kappa shape index (κ2) is 9.37. The molecule has 6 heteroatoms. The maximum atomic E-state index is 10.4. The van der Waals surface area contributed by atoms with Crippen molar-refractivity contribution in [3.63, 3.8) is 0 Å². The van der Waals surface area contributed by atoms with Crippen LogP contribution in [0.15, 0.2) is 91.0 Å². The summed E-state index contributed by atoms with van der Waals surface area (Å²) >= 11 is 1.57. The molecule has 0 N–H and O–H groups in total. The Bertz CT molecular complexity index is 1820. The van der Waals surface area contributed by atoms with Crippen molar-refractivity contribution in [2.24, 2.45) is 0 Å². The summed E-state index contributed by atoms with van der Waals surface area (Å²) in [6.07, 6.45) is 2.21. The van der Waals surface area contributed by atoms with E-state index in [1.54, 1.807) is 11.3 Å². The Morgan fingerprint density at radius 1 is 0.711 bits per heavy atom. The number of pyridine rings is 1. The molecule has 5 nitrogen and oxygen atoms in total. The SMILES string of the molecule is N#Cc1c(N2CCCC2)nc2c(sc3nnc(-c4ccccc4)c(-c4ccccc4)c32)c1-c1ccccc1. The van der Waals surface area contributed by atoms with E-state index in [0.717, 1.165) is 85.7 Å². The summed E-state index contributed by atoms with van der Waals surface area (Å²) in [5.41, 5.74) is 7.41. The average Bonchev–Trinajstić information content (AvgIpc) is 3.65. The topological polar surface area (TPSA) is 65.7 Å². The summed E-state index contributed by atoms with van der Waals surface area (Å²) in [6.45, 7) is 1.81. The number of fused-ring (bicyclic) bond motifs is 3. The number of benzene rings is 3. The van der Waals surface area contributed by atoms with Crippen LogP contribution >= 0.6 is 11.3 Å². The molecule has 0 radical (unpaired) electrons. The Labute approximate surface area is 224 Å². The normalized spacial score (nSPS) is 13.3. The lowest BCUT2D eigenvalue weighted by atomic mass is 9.95. The Kier molecular flexibility index (Phi) is 5.57. The molecule has 1 saturated heterocycles. The van der Waals surface area contributed by atoms with Crippen LogP contribution in [-0.4, -0.2) is 28.3 Å². The highest BCUT2D eigenvalue weighted by atomic mass is 32.1. The van der Waals surface area contributed by atoms with Crippen LogP contribution < -0.4 is 4.90 Å². The summed E-state index contributed by atoms with van der Waals surface area (Å²) in [5, 5.41) is 20.9. The minimum atomic E-state index is 0.634. The lowest BCUT2D eigenvalue weighted by molar-refractivity contribution is 0.941. The molecule has 0 amide bonds. The first-order valence-corrected chi connectivity index (χ1v) is 13.6. The third-order valence-electron chi connectivity index (χ3n) is 7.20. The number of hydrogen-bond donors (Lipinski definition) is 0. The highest BCUT2D eigenvalue weighted by molar-refractivity contribution is 7.26. The van der Waals surface area contributed by atoms with Gasteiger partial charge in [0.1, 0.15) is 28.0 Å². The van der Waals surface area contributed by atoms with Gasteiger partial charge >= 0.3 is 0 Å². The lowest BCUT2D eigenvalue weighted by Crippen LogP contribution is -2.20. The highest BCUT2D eigenvalue weighted by Crippen LogP contribution is 2.47. The molecule has 0 aliphatic carbocycles. The van der Waals surface area contributed by atoms with Crippen molar-refractivity contribution in [2.75, 3.05) is 18.0 Å². The van der Waals surface area contributed by atoms with Gasteiger partial charge in [-0.25, -0.2) is 4.98 Å². The third kappa shape index (κ3) is 3.63. The molecule has 1 aliphatic rings. The third-order valence-corrected chi connectivity index (χ3v) is 8.28. The van der Waals surface area contributed by atoms with Crippen molar-refractivity contribution in [1.29, 1.82) is 5.26 Å². The van der Waals surface area contributed by atoms with Gasteiger partial charge in [0.15, 0.2) is 0 Å². The van der Waals surface area contributed by atoms with Crippen LogP contribution in [0.3, 0.4) is 0 Å². The molecule has 1 aliphatic heterocycles. The Morgan fingerprint density at radius 3 is 1.89 bits per heavy atom. The summed E-state index contributed by atoms with van der Waals surface area (Å²) in [7, 11) is 0. The molecular formula is C32H23N5S. The van der Waals surface area contributed by atoms with Crippen molar-refractivity contribution in [2.45, 2.75) is 12.8 Å². The van der Waals surface area contributed by atoms with E-state index in [1.807, 2.05) is 42.5 Å². The molecule has 6 aromatic rings. The zero-order valence-corrected chi connectivity index (χ0v) is 21.4. The van der Waals surface area contributed by atoms with Crippen LogP contribution in [0, 0.1) is 11.3 Å². The van der Waals surface area contributed by atoms with Gasteiger partial charge in [-0.05, 0) is 24.0 Å². The van der Waals surface area contributed by atoms with E-state index in [-0.39, 0.29) is 0 Å². The van der Waals surface area contributed by atoms with Crippen LogP contribution in [0.25, 0.3) is 53.9 Å². The Morgan fingerprint density at radius 2 is 1.29 bits per heavy atom. The van der Waals surface area contributed by atoms with Crippen molar-refractivity contribution in [3.05, 3.63) is 96.6 Å². The number of rotatable bonds is 4. The maximum Gasteiger partial charge on any atom is 0.149 e. The molecule has 3 aromatic carbocycles. The molecule has 0 bridgehead atoms. The average molecular weight is 510 g/mol. The van der Waals surface area contributed by atoms with Gasteiger partial charge < -0.3 is 4.90 Å². The minimum Gasteiger partial charge on any atom is -0.355 e. The van der Waals surface area contributed by atoms with E-state index >= 15 is 0 Å². The fraction of sp³-hybridized carbons (Fsp3) is 0.125. The van der Waals surface area contributed by atoms with Crippen LogP contribution in [0.5, 0.6) is 0 Å². The number of aromatic nitrogens is 3. The minimum absolute atomic E-state index is 0.634. The van der Waals surface area contributed by atoms with Crippen molar-refractivity contribution < 1.29 is 0 Å². The summed E-state index contributed by atoms with van der Waals surface area (Å²) < 4.78 is 0.974. The molecule has 7 rings (SSSR count). The largest absolute Gasteiger partial charge is 0.355 e. The molecule has 38 heavy (non-hydrogen) atoms. The van der Waals surface area contributed by atoms with Crippen molar-refractivity contribution >= 4 is 37.6 Å². The standard InChI is InChI=1S/C32H23N5S/c33-20-24-25(21-12-4-1-5-13-21)30-29(34-31(24)37-18-10-11-19-37)27-26(22-14-6-2-7-15-22)28(35-36-32(27)38-30)23-16-8-3-9-17-23/h1-9,12-17H,10-11,18-19H2. The molecule has 3 aromatic heterocycles. The van der Waals surface area contributed by atoms with Gasteiger partial charge in [0.25, 0.3) is 0 Å². The first-order valence-electron chi connectivity index (χ1n) is 12.8. The van der Waals surface area contributed by atoms with Gasteiger partial charge in [-0.2, -0.15) is 5.26 Å². The maximum absolute atomic E-state index is 10.4. The summed E-state index contributed by atoms with van der Waals surface area (Å²) in [5.74, 6) is 0.771. The molecule has 182 valence electrons.